The summed E-state index contributed by atoms with van der Waals surface area (Å²) < 4.78 is 14.9. The Bertz CT molecular complexity index is 308. The molecule has 0 saturated carbocycles. The summed E-state index contributed by atoms with van der Waals surface area (Å²) in [6, 6.07) is 0. The van der Waals surface area contributed by atoms with Crippen molar-refractivity contribution in [2.75, 3.05) is 20.0 Å². The Balaban J connectivity index is 2.33. The van der Waals surface area contributed by atoms with E-state index in [9.17, 15) is 9.59 Å². The largest absolute Gasteiger partial charge is 0.472 e. The molecule has 0 radical (unpaired) electrons. The van der Waals surface area contributed by atoms with Gasteiger partial charge in [0.25, 0.3) is 0 Å². The molecule has 1 aliphatic rings. The van der Waals surface area contributed by atoms with Crippen LogP contribution >= 0.6 is 0 Å². The van der Waals surface area contributed by atoms with Gasteiger partial charge in [0.1, 0.15) is 11.7 Å². The zero-order chi connectivity index (χ0) is 12.7. The molecule has 1 rings (SSSR count). The number of allylic oxidation sites excluding steroid dienone is 1. The molecular weight excluding hydrogens is 224 g/mol. The van der Waals surface area contributed by atoms with Crippen molar-refractivity contribution >= 4 is 11.8 Å². The lowest BCUT2D eigenvalue weighted by Crippen LogP contribution is -2.23. The van der Waals surface area contributed by atoms with Gasteiger partial charge >= 0.3 is 5.97 Å². The number of Topliss-reactive ketones (excluding diaryl/α,β-unsaturated/α-hetero) is 1. The van der Waals surface area contributed by atoms with E-state index in [1.54, 1.807) is 19.9 Å². The van der Waals surface area contributed by atoms with Gasteiger partial charge in [0.15, 0.2) is 6.79 Å². The normalized spacial score (nSPS) is 16.7. The number of carbonyl (C=O) groups is 2. The molecule has 1 unspecified atom stereocenters. The highest BCUT2D eigenvalue weighted by molar-refractivity contribution is 5.98. The number of ether oxygens (including phenoxy) is 3. The van der Waals surface area contributed by atoms with Crippen LogP contribution in [0, 0.1) is 5.92 Å². The molecule has 0 spiro atoms. The van der Waals surface area contributed by atoms with Crippen molar-refractivity contribution in [1.29, 1.82) is 0 Å². The van der Waals surface area contributed by atoms with E-state index in [0.717, 1.165) is 5.76 Å². The Hall–Kier alpha value is -1.36. The van der Waals surface area contributed by atoms with Crippen molar-refractivity contribution in [2.45, 2.75) is 26.7 Å². The minimum atomic E-state index is -0.699. The van der Waals surface area contributed by atoms with Crippen molar-refractivity contribution in [1.82, 2.24) is 0 Å². The van der Waals surface area contributed by atoms with E-state index in [0.29, 0.717) is 19.6 Å². The van der Waals surface area contributed by atoms with E-state index >= 15 is 0 Å². The fourth-order valence-electron chi connectivity index (χ4n) is 1.41. The van der Waals surface area contributed by atoms with Crippen LogP contribution in [-0.4, -0.2) is 31.8 Å². The third-order valence-corrected chi connectivity index (χ3v) is 2.50. The predicted molar refractivity (Wildman–Crippen MR) is 60.0 cm³/mol. The van der Waals surface area contributed by atoms with E-state index < -0.39 is 11.9 Å². The van der Waals surface area contributed by atoms with Crippen molar-refractivity contribution in [2.24, 2.45) is 5.92 Å². The highest BCUT2D eigenvalue weighted by Gasteiger charge is 2.22. The maximum Gasteiger partial charge on any atom is 0.316 e. The Kier molecular flexibility index (Phi) is 5.69. The topological polar surface area (TPSA) is 61.8 Å². The average Bonchev–Trinajstić information content (AvgIpc) is 2.36. The predicted octanol–water partition coefficient (Wildman–Crippen LogP) is 1.42. The van der Waals surface area contributed by atoms with E-state index in [4.69, 9.17) is 14.2 Å². The van der Waals surface area contributed by atoms with Crippen LogP contribution in [0.2, 0.25) is 0 Å². The Labute approximate surface area is 101 Å². The van der Waals surface area contributed by atoms with Gasteiger partial charge in [0.05, 0.1) is 19.0 Å². The molecule has 0 fully saturated rings. The summed E-state index contributed by atoms with van der Waals surface area (Å²) in [5.74, 6) is -0.533. The number of hydrogen-bond acceptors (Lipinski definition) is 5. The third kappa shape index (κ3) is 4.56. The number of ketones is 1. The van der Waals surface area contributed by atoms with E-state index in [1.807, 2.05) is 0 Å². The summed E-state index contributed by atoms with van der Waals surface area (Å²) >= 11 is 0. The first-order chi connectivity index (χ1) is 8.15. The first-order valence-electron chi connectivity index (χ1n) is 5.74. The average molecular weight is 242 g/mol. The molecule has 1 heterocycles. The lowest BCUT2D eigenvalue weighted by molar-refractivity contribution is -0.150. The lowest BCUT2D eigenvalue weighted by Gasteiger charge is -2.15. The van der Waals surface area contributed by atoms with Gasteiger partial charge in [-0.1, -0.05) is 0 Å². The fraction of sp³-hybridized carbons (Fsp3) is 0.667. The van der Waals surface area contributed by atoms with Crippen LogP contribution in [0.15, 0.2) is 11.8 Å². The number of hydrogen-bond donors (Lipinski definition) is 0. The first kappa shape index (κ1) is 13.7. The highest BCUT2D eigenvalue weighted by atomic mass is 16.7. The third-order valence-electron chi connectivity index (χ3n) is 2.50. The zero-order valence-electron chi connectivity index (χ0n) is 10.2. The van der Waals surface area contributed by atoms with Crippen LogP contribution < -0.4 is 0 Å². The van der Waals surface area contributed by atoms with Gasteiger partial charge in [0.2, 0.25) is 0 Å². The van der Waals surface area contributed by atoms with Crippen LogP contribution in [0.5, 0.6) is 0 Å². The molecule has 0 N–H and O–H groups in total. The van der Waals surface area contributed by atoms with Gasteiger partial charge in [-0.15, -0.1) is 0 Å². The van der Waals surface area contributed by atoms with Crippen LogP contribution in [0.4, 0.5) is 0 Å². The van der Waals surface area contributed by atoms with E-state index in [-0.39, 0.29) is 19.0 Å². The standard InChI is InChI=1S/C12H18O5/c1-3-16-12(14)9(2)11(13)5-4-10-6-7-15-8-17-10/h6,9H,3-5,7-8H2,1-2H3. The minimum absolute atomic E-state index is 0.126. The second kappa shape index (κ2) is 7.06. The molecule has 0 aromatic heterocycles. The van der Waals surface area contributed by atoms with E-state index in [1.165, 1.54) is 0 Å². The maximum absolute atomic E-state index is 11.7. The highest BCUT2D eigenvalue weighted by Crippen LogP contribution is 2.14. The lowest BCUT2D eigenvalue weighted by atomic mass is 10.0. The Morgan fingerprint density at radius 1 is 1.53 bits per heavy atom. The van der Waals surface area contributed by atoms with Crippen molar-refractivity contribution < 1.29 is 23.8 Å². The molecule has 0 aromatic rings. The molecule has 0 aliphatic carbocycles. The van der Waals surface area contributed by atoms with Gasteiger partial charge in [-0.05, 0) is 19.9 Å². The molecule has 0 saturated heterocycles. The van der Waals surface area contributed by atoms with Gasteiger partial charge in [-0.2, -0.15) is 0 Å². The van der Waals surface area contributed by atoms with Gasteiger partial charge < -0.3 is 14.2 Å². The summed E-state index contributed by atoms with van der Waals surface area (Å²) in [5, 5.41) is 0. The monoisotopic (exact) mass is 242 g/mol. The molecule has 0 bridgehead atoms. The molecule has 1 aliphatic heterocycles. The SMILES string of the molecule is CCOC(=O)C(C)C(=O)CCC1=CCOCO1. The quantitative estimate of drug-likeness (QED) is 0.520. The van der Waals surface area contributed by atoms with Crippen molar-refractivity contribution in [3.8, 4) is 0 Å². The zero-order valence-corrected chi connectivity index (χ0v) is 10.2. The minimum Gasteiger partial charge on any atom is -0.472 e. The summed E-state index contributed by atoms with van der Waals surface area (Å²) in [5.41, 5.74) is 0. The van der Waals surface area contributed by atoms with Gasteiger partial charge in [0, 0.05) is 12.8 Å². The maximum atomic E-state index is 11.7. The smallest absolute Gasteiger partial charge is 0.316 e. The Morgan fingerprint density at radius 2 is 2.29 bits per heavy atom. The van der Waals surface area contributed by atoms with Crippen LogP contribution in [0.3, 0.4) is 0 Å². The van der Waals surface area contributed by atoms with Gasteiger partial charge in [-0.25, -0.2) is 0 Å². The summed E-state index contributed by atoms with van der Waals surface area (Å²) in [6.45, 7) is 4.32. The van der Waals surface area contributed by atoms with Crippen LogP contribution in [-0.2, 0) is 23.8 Å². The molecule has 0 amide bonds. The van der Waals surface area contributed by atoms with Gasteiger partial charge in [-0.3, -0.25) is 9.59 Å². The first-order valence-corrected chi connectivity index (χ1v) is 5.74. The molecule has 0 aromatic carbocycles. The van der Waals surface area contributed by atoms with E-state index in [2.05, 4.69) is 0 Å². The number of carbonyl (C=O) groups excluding carboxylic acids is 2. The summed E-state index contributed by atoms with van der Waals surface area (Å²) in [7, 11) is 0. The molecule has 5 nitrogen and oxygen atoms in total. The second-order valence-electron chi connectivity index (χ2n) is 3.74. The van der Waals surface area contributed by atoms with Crippen LogP contribution in [0.25, 0.3) is 0 Å². The second-order valence-corrected chi connectivity index (χ2v) is 3.74. The molecule has 96 valence electrons. The fourth-order valence-corrected chi connectivity index (χ4v) is 1.41. The molecule has 1 atom stereocenters. The van der Waals surface area contributed by atoms with Crippen LogP contribution in [0.1, 0.15) is 26.7 Å². The summed E-state index contributed by atoms with van der Waals surface area (Å²) in [4.78, 5) is 23.0. The summed E-state index contributed by atoms with van der Waals surface area (Å²) in [6.07, 6.45) is 2.59. The number of esters is 1. The molecule has 5 heteroatoms. The van der Waals surface area contributed by atoms with Crippen molar-refractivity contribution in [3.05, 3.63) is 11.8 Å². The molecular formula is C12H18O5. The molecule has 17 heavy (non-hydrogen) atoms. The Morgan fingerprint density at radius 3 is 2.88 bits per heavy atom. The van der Waals surface area contributed by atoms with Crippen molar-refractivity contribution in [3.63, 3.8) is 0 Å². The number of rotatable bonds is 6.